The zero-order valence-electron chi connectivity index (χ0n) is 17.8. The molecule has 0 unspecified atom stereocenters. The SMILES string of the molecule is O=C(c1cc2c(ccc3ccccc32)oc1=O)N(/N=C/c1ccco1)c1nc2ccc(F)cc2s1. The van der Waals surface area contributed by atoms with Crippen LogP contribution in [-0.4, -0.2) is 17.1 Å². The molecule has 7 nitrogen and oxygen atoms in total. The van der Waals surface area contributed by atoms with Gasteiger partial charge in [0.1, 0.15) is 22.7 Å². The van der Waals surface area contributed by atoms with E-state index in [2.05, 4.69) is 10.1 Å². The first-order valence-electron chi connectivity index (χ1n) is 10.5. The molecule has 3 heterocycles. The number of anilines is 1. The van der Waals surface area contributed by atoms with Gasteiger partial charge in [0, 0.05) is 5.39 Å². The number of thiazole rings is 1. The number of fused-ring (bicyclic) bond motifs is 4. The molecule has 0 bridgehead atoms. The van der Waals surface area contributed by atoms with Crippen LogP contribution in [0.25, 0.3) is 32.0 Å². The molecule has 0 spiro atoms. The van der Waals surface area contributed by atoms with Crippen molar-refractivity contribution in [1.29, 1.82) is 0 Å². The second kappa shape index (κ2) is 8.30. The zero-order valence-corrected chi connectivity index (χ0v) is 18.7. The van der Waals surface area contributed by atoms with Crippen molar-refractivity contribution >= 4 is 60.5 Å². The molecule has 0 aliphatic heterocycles. The first-order chi connectivity index (χ1) is 17.1. The maximum Gasteiger partial charge on any atom is 0.349 e. The summed E-state index contributed by atoms with van der Waals surface area (Å²) in [5.41, 5.74) is -0.153. The molecule has 0 atom stereocenters. The molecular weight excluding hydrogens is 469 g/mol. The molecule has 0 radical (unpaired) electrons. The summed E-state index contributed by atoms with van der Waals surface area (Å²) in [6.45, 7) is 0. The van der Waals surface area contributed by atoms with Gasteiger partial charge in [-0.05, 0) is 53.2 Å². The highest BCUT2D eigenvalue weighted by atomic mass is 32.1. The van der Waals surface area contributed by atoms with Crippen molar-refractivity contribution in [3.8, 4) is 0 Å². The van der Waals surface area contributed by atoms with Gasteiger partial charge in [-0.3, -0.25) is 4.79 Å². The number of carbonyl (C=O) groups is 1. The molecule has 0 saturated carbocycles. The van der Waals surface area contributed by atoms with Crippen LogP contribution in [0.3, 0.4) is 0 Å². The van der Waals surface area contributed by atoms with E-state index < -0.39 is 17.3 Å². The minimum atomic E-state index is -0.803. The first kappa shape index (κ1) is 20.9. The Morgan fingerprint density at radius 3 is 2.77 bits per heavy atom. The first-order valence-corrected chi connectivity index (χ1v) is 11.3. The lowest BCUT2D eigenvalue weighted by Gasteiger charge is -2.13. The molecule has 170 valence electrons. The zero-order chi connectivity index (χ0) is 23.9. The largest absolute Gasteiger partial charge is 0.463 e. The molecule has 35 heavy (non-hydrogen) atoms. The van der Waals surface area contributed by atoms with Gasteiger partial charge in [-0.2, -0.15) is 10.1 Å². The molecule has 0 N–H and O–H groups in total. The fourth-order valence-corrected chi connectivity index (χ4v) is 4.73. The van der Waals surface area contributed by atoms with Gasteiger partial charge in [0.25, 0.3) is 5.91 Å². The fraction of sp³-hybridized carbons (Fsp3) is 0. The van der Waals surface area contributed by atoms with Crippen LogP contribution >= 0.6 is 11.3 Å². The van der Waals surface area contributed by atoms with E-state index in [0.717, 1.165) is 27.1 Å². The van der Waals surface area contributed by atoms with Gasteiger partial charge in [-0.15, -0.1) is 0 Å². The minimum Gasteiger partial charge on any atom is -0.463 e. The highest BCUT2D eigenvalue weighted by Gasteiger charge is 2.25. The third-order valence-corrected chi connectivity index (χ3v) is 6.42. The number of hydrogen-bond acceptors (Lipinski definition) is 7. The monoisotopic (exact) mass is 483 g/mol. The number of furan rings is 1. The molecule has 0 aliphatic carbocycles. The Hall–Kier alpha value is -4.63. The van der Waals surface area contributed by atoms with Gasteiger partial charge in [0.05, 0.1) is 22.7 Å². The van der Waals surface area contributed by atoms with Crippen molar-refractivity contribution in [2.45, 2.75) is 0 Å². The standard InChI is InChI=1S/C26H14FN3O4S/c27-16-8-9-21-23(12-16)35-26(29-21)30(28-14-17-5-3-11-33-17)24(31)20-13-19-18-6-2-1-4-15(18)7-10-22(19)34-25(20)32/h1-14H/b28-14+. The second-order valence-corrected chi connectivity index (χ2v) is 8.64. The lowest BCUT2D eigenvalue weighted by atomic mass is 10.0. The van der Waals surface area contributed by atoms with Gasteiger partial charge in [0.15, 0.2) is 0 Å². The van der Waals surface area contributed by atoms with Crippen LogP contribution in [-0.2, 0) is 0 Å². The van der Waals surface area contributed by atoms with Crippen molar-refractivity contribution in [3.63, 3.8) is 0 Å². The number of carbonyl (C=O) groups excluding carboxylic acids is 1. The topological polar surface area (TPSA) is 88.9 Å². The third-order valence-electron chi connectivity index (χ3n) is 5.43. The number of hydrazone groups is 1. The van der Waals surface area contributed by atoms with Crippen LogP contribution in [0.15, 0.2) is 97.8 Å². The summed E-state index contributed by atoms with van der Waals surface area (Å²) >= 11 is 1.07. The molecular formula is C26H14FN3O4S. The normalized spacial score (nSPS) is 11.7. The summed E-state index contributed by atoms with van der Waals surface area (Å²) in [6.07, 6.45) is 2.81. The highest BCUT2D eigenvalue weighted by molar-refractivity contribution is 7.22. The van der Waals surface area contributed by atoms with Gasteiger partial charge in [0.2, 0.25) is 5.13 Å². The number of rotatable bonds is 4. The van der Waals surface area contributed by atoms with Gasteiger partial charge in [-0.1, -0.05) is 41.7 Å². The van der Waals surface area contributed by atoms with E-state index in [-0.39, 0.29) is 10.7 Å². The fourth-order valence-electron chi connectivity index (χ4n) is 3.78. The van der Waals surface area contributed by atoms with Crippen LogP contribution < -0.4 is 10.6 Å². The van der Waals surface area contributed by atoms with Gasteiger partial charge < -0.3 is 8.83 Å². The van der Waals surface area contributed by atoms with Crippen molar-refractivity contribution in [2.24, 2.45) is 5.10 Å². The smallest absolute Gasteiger partial charge is 0.349 e. The van der Waals surface area contributed by atoms with E-state index in [0.29, 0.717) is 26.9 Å². The van der Waals surface area contributed by atoms with Gasteiger partial charge in [-0.25, -0.2) is 14.2 Å². The third kappa shape index (κ3) is 3.77. The summed E-state index contributed by atoms with van der Waals surface area (Å²) in [6, 6.07) is 20.1. The van der Waals surface area contributed by atoms with Crippen molar-refractivity contribution in [2.75, 3.05) is 5.01 Å². The Morgan fingerprint density at radius 1 is 1.03 bits per heavy atom. The number of aromatic nitrogens is 1. The Labute approximate surface area is 200 Å². The summed E-state index contributed by atoms with van der Waals surface area (Å²) < 4.78 is 25.0. The molecule has 9 heteroatoms. The average Bonchev–Trinajstić information content (AvgIpc) is 3.53. The molecule has 6 aromatic rings. The molecule has 3 aromatic carbocycles. The van der Waals surface area contributed by atoms with E-state index in [9.17, 15) is 14.0 Å². The van der Waals surface area contributed by atoms with E-state index in [1.807, 2.05) is 30.3 Å². The Bertz CT molecular complexity index is 1820. The van der Waals surface area contributed by atoms with E-state index in [4.69, 9.17) is 8.83 Å². The lowest BCUT2D eigenvalue weighted by molar-refractivity contribution is 0.0984. The van der Waals surface area contributed by atoms with Crippen LogP contribution in [0.4, 0.5) is 9.52 Å². The van der Waals surface area contributed by atoms with E-state index in [1.54, 1.807) is 18.2 Å². The molecule has 0 fully saturated rings. The summed E-state index contributed by atoms with van der Waals surface area (Å²) in [5.74, 6) is -0.769. The number of hydrogen-bond donors (Lipinski definition) is 0. The predicted octanol–water partition coefficient (Wildman–Crippen LogP) is 5.97. The quantitative estimate of drug-likeness (QED) is 0.133. The van der Waals surface area contributed by atoms with Crippen LogP contribution in [0.2, 0.25) is 0 Å². The van der Waals surface area contributed by atoms with Crippen LogP contribution in [0.1, 0.15) is 16.1 Å². The minimum absolute atomic E-state index is 0.163. The maximum absolute atomic E-state index is 13.7. The van der Waals surface area contributed by atoms with Crippen molar-refractivity contribution < 1.29 is 18.0 Å². The van der Waals surface area contributed by atoms with Crippen LogP contribution in [0.5, 0.6) is 0 Å². The van der Waals surface area contributed by atoms with Crippen molar-refractivity contribution in [1.82, 2.24) is 4.98 Å². The number of nitrogens with zero attached hydrogens (tertiary/aromatic N) is 3. The highest BCUT2D eigenvalue weighted by Crippen LogP contribution is 2.31. The Kier molecular flexibility index (Phi) is 4.97. The number of amides is 1. The van der Waals surface area contributed by atoms with E-state index >= 15 is 0 Å². The van der Waals surface area contributed by atoms with Crippen LogP contribution in [0, 0.1) is 5.82 Å². The molecule has 3 aromatic heterocycles. The molecule has 6 rings (SSSR count). The average molecular weight is 483 g/mol. The van der Waals surface area contributed by atoms with Gasteiger partial charge >= 0.3 is 5.63 Å². The molecule has 1 amide bonds. The summed E-state index contributed by atoms with van der Waals surface area (Å²) in [7, 11) is 0. The molecule has 0 aliphatic rings. The Balaban J connectivity index is 1.52. The summed E-state index contributed by atoms with van der Waals surface area (Å²) in [5, 5.41) is 7.80. The molecule has 0 saturated heterocycles. The Morgan fingerprint density at radius 2 is 1.91 bits per heavy atom. The number of halogens is 1. The van der Waals surface area contributed by atoms with Crippen molar-refractivity contribution in [3.05, 3.63) is 107 Å². The summed E-state index contributed by atoms with van der Waals surface area (Å²) in [4.78, 5) is 30.9. The predicted molar refractivity (Wildman–Crippen MR) is 133 cm³/mol. The maximum atomic E-state index is 13.7. The lowest BCUT2D eigenvalue weighted by Crippen LogP contribution is -2.30. The number of benzene rings is 3. The van der Waals surface area contributed by atoms with E-state index in [1.165, 1.54) is 36.7 Å². The second-order valence-electron chi connectivity index (χ2n) is 7.63.